The zero-order valence-corrected chi connectivity index (χ0v) is 24.5. The van der Waals surface area contributed by atoms with Crippen molar-refractivity contribution in [3.8, 4) is 5.69 Å². The van der Waals surface area contributed by atoms with Crippen LogP contribution in [-0.2, 0) is 15.0 Å². The number of fused-ring (bicyclic) bond motifs is 1. The van der Waals surface area contributed by atoms with Gasteiger partial charge in [0.25, 0.3) is 11.8 Å². The average Bonchev–Trinajstić information content (AvgIpc) is 3.26. The van der Waals surface area contributed by atoms with E-state index >= 15 is 0 Å². The Hall–Kier alpha value is -4.52. The molecule has 2 aromatic heterocycles. The molecule has 4 aliphatic carbocycles. The monoisotopic (exact) mass is 570 g/mol. The molecule has 1 saturated heterocycles. The first-order valence-corrected chi connectivity index (χ1v) is 15.3. The lowest BCUT2D eigenvalue weighted by molar-refractivity contribution is -0.122. The maximum atomic E-state index is 13.7. The van der Waals surface area contributed by atoms with Crippen LogP contribution in [0.25, 0.3) is 22.7 Å². The molecular weight excluding hydrogens is 536 g/mol. The molecule has 43 heavy (non-hydrogen) atoms. The first-order valence-electron chi connectivity index (χ1n) is 15.3. The second-order valence-corrected chi connectivity index (χ2v) is 13.2. The van der Waals surface area contributed by atoms with E-state index in [0.29, 0.717) is 5.69 Å². The number of carbonyl (C=O) groups is 3. The van der Waals surface area contributed by atoms with Crippen LogP contribution in [0, 0.1) is 31.6 Å². The molecule has 4 aromatic rings. The van der Waals surface area contributed by atoms with Crippen molar-refractivity contribution in [2.45, 2.75) is 57.8 Å². The molecule has 3 heterocycles. The second kappa shape index (κ2) is 9.49. The predicted octanol–water partition coefficient (Wildman–Crippen LogP) is 6.78. The number of imide groups is 2. The van der Waals surface area contributed by atoms with Gasteiger partial charge in [0.05, 0.1) is 11.2 Å². The zero-order chi connectivity index (χ0) is 29.5. The van der Waals surface area contributed by atoms with Gasteiger partial charge in [-0.25, -0.2) is 9.69 Å². The van der Waals surface area contributed by atoms with Crippen molar-refractivity contribution in [2.24, 2.45) is 17.8 Å². The van der Waals surface area contributed by atoms with Gasteiger partial charge in [0, 0.05) is 28.7 Å². The quantitative estimate of drug-likeness (QED) is 0.217. The highest BCUT2D eigenvalue weighted by molar-refractivity contribution is 6.39. The van der Waals surface area contributed by atoms with Crippen LogP contribution in [0.2, 0.25) is 0 Å². The van der Waals surface area contributed by atoms with Crippen LogP contribution in [0.3, 0.4) is 0 Å². The summed E-state index contributed by atoms with van der Waals surface area (Å²) in [5.74, 6) is 1.20. The number of nitrogens with one attached hydrogen (secondary N) is 1. The van der Waals surface area contributed by atoms with Gasteiger partial charge in [-0.2, -0.15) is 0 Å². The maximum absolute atomic E-state index is 13.7. The standard InChI is InChI=1S/C36H34N4O3/c1-21-12-27(22(2)39(21)30-9-10-32-26(16-30)4-3-11-37-32)17-31-33(41)38-35(43)40(34(31)42)29-7-5-28(6-8-29)36-18-23-13-24(19-36)15-25(14-23)20-36/h3-12,16-17,23-25H,13-15,18-20H2,1-2H3,(H,38,41,43)/b31-17-. The van der Waals surface area contributed by atoms with Gasteiger partial charge in [-0.05, 0) is 135 Å². The molecule has 216 valence electrons. The Kier molecular flexibility index (Phi) is 5.77. The Morgan fingerprint density at radius 2 is 1.53 bits per heavy atom. The summed E-state index contributed by atoms with van der Waals surface area (Å²) in [6.07, 6.45) is 11.3. The Labute approximate surface area is 250 Å². The number of benzene rings is 2. The lowest BCUT2D eigenvalue weighted by atomic mass is 9.48. The summed E-state index contributed by atoms with van der Waals surface area (Å²) in [5, 5.41) is 3.42. The topological polar surface area (TPSA) is 84.3 Å². The van der Waals surface area contributed by atoms with Gasteiger partial charge in [0.1, 0.15) is 5.57 Å². The minimum Gasteiger partial charge on any atom is -0.318 e. The molecule has 0 atom stereocenters. The molecule has 9 rings (SSSR count). The van der Waals surface area contributed by atoms with Crippen molar-refractivity contribution >= 4 is 40.5 Å². The van der Waals surface area contributed by atoms with Gasteiger partial charge in [0.15, 0.2) is 0 Å². The Bertz CT molecular complexity index is 1830. The number of aromatic nitrogens is 2. The van der Waals surface area contributed by atoms with Gasteiger partial charge in [-0.15, -0.1) is 0 Å². The Morgan fingerprint density at radius 3 is 2.23 bits per heavy atom. The number of anilines is 1. The van der Waals surface area contributed by atoms with Crippen molar-refractivity contribution in [3.63, 3.8) is 0 Å². The second-order valence-electron chi connectivity index (χ2n) is 13.2. The first-order chi connectivity index (χ1) is 20.8. The first kappa shape index (κ1) is 26.1. The van der Waals surface area contributed by atoms with E-state index in [1.54, 1.807) is 12.3 Å². The van der Waals surface area contributed by atoms with Gasteiger partial charge < -0.3 is 4.57 Å². The minimum absolute atomic E-state index is 0.0623. The normalized spacial score (nSPS) is 27.4. The van der Waals surface area contributed by atoms with Crippen LogP contribution in [0.15, 0.2) is 72.4 Å². The van der Waals surface area contributed by atoms with E-state index in [-0.39, 0.29) is 11.0 Å². The van der Waals surface area contributed by atoms with Crippen molar-refractivity contribution in [2.75, 3.05) is 4.90 Å². The number of hydrogen-bond acceptors (Lipinski definition) is 4. The van der Waals surface area contributed by atoms with Crippen molar-refractivity contribution in [1.29, 1.82) is 0 Å². The fourth-order valence-electron chi connectivity index (χ4n) is 9.01. The number of rotatable bonds is 4. The smallest absolute Gasteiger partial charge is 0.318 e. The zero-order valence-electron chi connectivity index (χ0n) is 24.5. The summed E-state index contributed by atoms with van der Waals surface area (Å²) in [5.41, 5.74) is 6.44. The lowest BCUT2D eigenvalue weighted by Gasteiger charge is -2.57. The summed E-state index contributed by atoms with van der Waals surface area (Å²) in [4.78, 5) is 45.2. The van der Waals surface area contributed by atoms with Gasteiger partial charge >= 0.3 is 6.03 Å². The predicted molar refractivity (Wildman–Crippen MR) is 166 cm³/mol. The molecule has 5 aliphatic rings. The molecule has 5 fully saturated rings. The molecule has 1 N–H and O–H groups in total. The third-order valence-corrected chi connectivity index (χ3v) is 10.5. The van der Waals surface area contributed by atoms with Crippen LogP contribution in [-0.4, -0.2) is 27.4 Å². The van der Waals surface area contributed by atoms with Crippen LogP contribution < -0.4 is 10.2 Å². The molecule has 0 spiro atoms. The number of urea groups is 1. The van der Waals surface area contributed by atoms with E-state index in [9.17, 15) is 14.4 Å². The summed E-state index contributed by atoms with van der Waals surface area (Å²) in [7, 11) is 0. The number of hydrogen-bond donors (Lipinski definition) is 1. The van der Waals surface area contributed by atoms with E-state index in [0.717, 1.165) is 56.2 Å². The molecule has 0 radical (unpaired) electrons. The number of aryl methyl sites for hydroxylation is 1. The average molecular weight is 571 g/mol. The number of pyridine rings is 1. The van der Waals surface area contributed by atoms with E-state index in [1.165, 1.54) is 44.1 Å². The highest BCUT2D eigenvalue weighted by Crippen LogP contribution is 2.60. The molecule has 7 nitrogen and oxygen atoms in total. The lowest BCUT2D eigenvalue weighted by Crippen LogP contribution is -2.54. The Morgan fingerprint density at radius 1 is 0.860 bits per heavy atom. The van der Waals surface area contributed by atoms with Crippen molar-refractivity contribution in [1.82, 2.24) is 14.9 Å². The summed E-state index contributed by atoms with van der Waals surface area (Å²) in [6, 6.07) is 19.2. The Balaban J connectivity index is 1.10. The van der Waals surface area contributed by atoms with E-state index in [1.807, 2.05) is 56.3 Å². The number of nitrogens with zero attached hydrogens (tertiary/aromatic N) is 3. The van der Waals surface area contributed by atoms with E-state index in [4.69, 9.17) is 0 Å². The third kappa shape index (κ3) is 4.16. The molecule has 4 bridgehead atoms. The summed E-state index contributed by atoms with van der Waals surface area (Å²) < 4.78 is 2.09. The highest BCUT2D eigenvalue weighted by atomic mass is 16.2. The van der Waals surface area contributed by atoms with Gasteiger partial charge in [0.2, 0.25) is 0 Å². The van der Waals surface area contributed by atoms with Gasteiger partial charge in [-0.3, -0.25) is 19.9 Å². The third-order valence-electron chi connectivity index (χ3n) is 10.5. The van der Waals surface area contributed by atoms with Crippen LogP contribution in [0.5, 0.6) is 0 Å². The number of barbiturate groups is 1. The van der Waals surface area contributed by atoms with Crippen molar-refractivity contribution < 1.29 is 14.4 Å². The molecular formula is C36H34N4O3. The maximum Gasteiger partial charge on any atom is 0.335 e. The molecule has 4 saturated carbocycles. The summed E-state index contributed by atoms with van der Waals surface area (Å²) in [6.45, 7) is 3.95. The minimum atomic E-state index is -0.718. The number of carbonyl (C=O) groups excluding carboxylic acids is 3. The molecule has 1 aliphatic heterocycles. The SMILES string of the molecule is Cc1cc(/C=C2/C(=O)NC(=O)N(c3ccc(C45CC6CC(CC(C6)C4)C5)cc3)C2=O)c(C)n1-c1ccc2ncccc2c1. The van der Waals surface area contributed by atoms with E-state index in [2.05, 4.69) is 33.1 Å². The number of amides is 4. The molecule has 0 unspecified atom stereocenters. The molecule has 4 amide bonds. The van der Waals surface area contributed by atoms with Gasteiger partial charge in [-0.1, -0.05) is 18.2 Å². The van der Waals surface area contributed by atoms with Crippen molar-refractivity contribution in [3.05, 3.63) is 94.9 Å². The summed E-state index contributed by atoms with van der Waals surface area (Å²) >= 11 is 0. The molecule has 7 heteroatoms. The largest absolute Gasteiger partial charge is 0.335 e. The van der Waals surface area contributed by atoms with E-state index < -0.39 is 17.8 Å². The van der Waals surface area contributed by atoms with Crippen LogP contribution >= 0.6 is 0 Å². The fraction of sp³-hybridized carbons (Fsp3) is 0.333. The highest BCUT2D eigenvalue weighted by Gasteiger charge is 2.51. The fourth-order valence-corrected chi connectivity index (χ4v) is 9.01. The van der Waals surface area contributed by atoms with Crippen LogP contribution in [0.1, 0.15) is 61.0 Å². The van der Waals surface area contributed by atoms with Crippen LogP contribution in [0.4, 0.5) is 10.5 Å². The molecule has 2 aromatic carbocycles.